The second kappa shape index (κ2) is 3.46. The molecule has 12 heteroatoms. The number of hydrazine groups is 2. The van der Waals surface area contributed by atoms with Crippen molar-refractivity contribution in [2.75, 3.05) is 14.1 Å². The lowest BCUT2D eigenvalue weighted by molar-refractivity contribution is -0.739. The Labute approximate surface area is 112 Å². The number of hydrogen-bond acceptors (Lipinski definition) is 8. The van der Waals surface area contributed by atoms with E-state index in [2.05, 4.69) is 0 Å². The average Bonchev–Trinajstić information content (AvgIpc) is 2.81. The summed E-state index contributed by atoms with van der Waals surface area (Å²) in [6, 6.07) is 0. The summed E-state index contributed by atoms with van der Waals surface area (Å²) in [5.41, 5.74) is 0. The van der Waals surface area contributed by atoms with Crippen molar-refractivity contribution >= 4 is 0 Å². The molecular weight excluding hydrogens is 276 g/mol. The minimum absolute atomic E-state index is 0.370. The van der Waals surface area contributed by atoms with Crippen LogP contribution in [0.2, 0.25) is 0 Å². The predicted molar refractivity (Wildman–Crippen MR) is 58.1 cm³/mol. The van der Waals surface area contributed by atoms with E-state index in [1.807, 2.05) is 0 Å². The van der Waals surface area contributed by atoms with Gasteiger partial charge in [0.2, 0.25) is 12.5 Å². The molecule has 6 unspecified atom stereocenters. The van der Waals surface area contributed by atoms with Gasteiger partial charge in [0.25, 0.3) is 6.17 Å². The summed E-state index contributed by atoms with van der Waals surface area (Å²) in [6.07, 6.45) is -4.75. The first-order valence-electron chi connectivity index (χ1n) is 6.03. The zero-order valence-corrected chi connectivity index (χ0v) is 10.6. The van der Waals surface area contributed by atoms with Gasteiger partial charge in [0.15, 0.2) is 22.5 Å². The maximum Gasteiger partial charge on any atom is 0.263 e. The van der Waals surface area contributed by atoms with E-state index < -0.39 is 41.1 Å². The Morgan fingerprint density at radius 1 is 0.800 bits per heavy atom. The minimum Gasteiger partial charge on any atom is -0.326 e. The topological polar surface area (TPSA) is 118 Å². The lowest BCUT2D eigenvalue weighted by Gasteiger charge is -2.44. The van der Waals surface area contributed by atoms with Crippen molar-refractivity contribution in [3.8, 4) is 0 Å². The van der Waals surface area contributed by atoms with E-state index in [-0.39, 0.29) is 6.17 Å². The van der Waals surface area contributed by atoms with Crippen molar-refractivity contribution in [3.05, 3.63) is 20.2 Å². The normalized spacial score (nSPS) is 46.3. The van der Waals surface area contributed by atoms with Gasteiger partial charge >= 0.3 is 0 Å². The molecule has 0 aromatic carbocycles. The Kier molecular flexibility index (Phi) is 2.08. The lowest BCUT2D eigenvalue weighted by Crippen LogP contribution is -2.72. The van der Waals surface area contributed by atoms with Crippen LogP contribution in [0, 0.1) is 20.2 Å². The van der Waals surface area contributed by atoms with Crippen LogP contribution >= 0.6 is 0 Å². The molecule has 110 valence electrons. The second-order valence-corrected chi connectivity index (χ2v) is 5.23. The Hall–Kier alpha value is -1.76. The predicted octanol–water partition coefficient (Wildman–Crippen LogP) is -2.12. The summed E-state index contributed by atoms with van der Waals surface area (Å²) in [7, 11) is 3.44. The highest BCUT2D eigenvalue weighted by molar-refractivity contribution is 5.03. The second-order valence-electron chi connectivity index (χ2n) is 5.23. The molecule has 5 heterocycles. The first kappa shape index (κ1) is 12.0. The van der Waals surface area contributed by atoms with E-state index in [4.69, 9.17) is 9.47 Å². The fourth-order valence-electron chi connectivity index (χ4n) is 3.61. The van der Waals surface area contributed by atoms with Crippen molar-refractivity contribution in [2.45, 2.75) is 37.2 Å². The molecule has 6 bridgehead atoms. The highest BCUT2D eigenvalue weighted by Crippen LogP contribution is 2.47. The van der Waals surface area contributed by atoms with Gasteiger partial charge in [0.1, 0.15) is 6.17 Å². The van der Waals surface area contributed by atoms with Crippen LogP contribution in [0.3, 0.4) is 0 Å². The number of nitrogens with zero attached hydrogens (tertiary/aromatic N) is 6. The molecule has 5 rings (SSSR count). The molecule has 0 N–H and O–H groups in total. The molecule has 12 nitrogen and oxygen atoms in total. The maximum atomic E-state index is 11.3. The van der Waals surface area contributed by atoms with E-state index in [1.54, 1.807) is 23.9 Å². The SMILES string of the molecule is CN1C2OC3C1N(C)C1OC2N([N+](=O)[O-])C1N3[N+](=O)[O-]. The number of piperazine rings is 1. The molecule has 0 spiro atoms. The largest absolute Gasteiger partial charge is 0.326 e. The highest BCUT2D eigenvalue weighted by Gasteiger charge is 2.74. The summed E-state index contributed by atoms with van der Waals surface area (Å²) in [5.74, 6) is 0. The van der Waals surface area contributed by atoms with Crippen LogP contribution in [0.25, 0.3) is 0 Å². The molecule has 0 saturated carbocycles. The van der Waals surface area contributed by atoms with Gasteiger partial charge in [-0.3, -0.25) is 9.80 Å². The number of likely N-dealkylation sites (N-methyl/N-ethyl adjacent to an activating group) is 2. The lowest BCUT2D eigenvalue weighted by atomic mass is 10.2. The van der Waals surface area contributed by atoms with E-state index in [0.29, 0.717) is 0 Å². The molecule has 0 aromatic heterocycles. The molecule has 5 aliphatic rings. The van der Waals surface area contributed by atoms with Crippen LogP contribution in [0.1, 0.15) is 0 Å². The van der Waals surface area contributed by atoms with Crippen LogP contribution in [0.4, 0.5) is 0 Å². The number of hydrogen-bond donors (Lipinski definition) is 0. The van der Waals surface area contributed by atoms with Gasteiger partial charge in [-0.15, -0.1) is 0 Å². The molecule has 20 heavy (non-hydrogen) atoms. The fourth-order valence-corrected chi connectivity index (χ4v) is 3.61. The van der Waals surface area contributed by atoms with Gasteiger partial charge in [0.05, 0.1) is 0 Å². The fraction of sp³-hybridized carbons (Fsp3) is 1.00. The molecule has 5 aliphatic heterocycles. The standard InChI is InChI=1S/C8H12N6O6/c1-9-3-6-11(13(15)16)4-5(9)19-8(12(4)14(17)18)7(20-6)10(3)2/h3-8H,1-2H3. The van der Waals surface area contributed by atoms with Crippen molar-refractivity contribution in [1.82, 2.24) is 19.8 Å². The van der Waals surface area contributed by atoms with E-state index in [0.717, 1.165) is 10.0 Å². The molecule has 0 aliphatic carbocycles. The molecule has 5 saturated heterocycles. The van der Waals surface area contributed by atoms with Gasteiger partial charge in [-0.05, 0) is 14.1 Å². The summed E-state index contributed by atoms with van der Waals surface area (Å²) < 4.78 is 11.3. The van der Waals surface area contributed by atoms with E-state index in [1.165, 1.54) is 0 Å². The Bertz CT molecular complexity index is 504. The summed E-state index contributed by atoms with van der Waals surface area (Å²) >= 11 is 0. The van der Waals surface area contributed by atoms with Crippen molar-refractivity contribution in [3.63, 3.8) is 0 Å². The third-order valence-electron chi connectivity index (χ3n) is 4.39. The zero-order valence-electron chi connectivity index (χ0n) is 10.6. The molecule has 0 radical (unpaired) electrons. The summed E-state index contributed by atoms with van der Waals surface area (Å²) in [4.78, 5) is 26.1. The molecule has 5 fully saturated rings. The van der Waals surface area contributed by atoms with Crippen LogP contribution in [0.5, 0.6) is 0 Å². The number of nitro groups is 2. The van der Waals surface area contributed by atoms with Crippen molar-refractivity contribution in [1.29, 1.82) is 0 Å². The Morgan fingerprint density at radius 3 is 1.90 bits per heavy atom. The monoisotopic (exact) mass is 288 g/mol. The Morgan fingerprint density at radius 2 is 1.30 bits per heavy atom. The van der Waals surface area contributed by atoms with Gasteiger partial charge in [-0.2, -0.15) is 0 Å². The van der Waals surface area contributed by atoms with Gasteiger partial charge in [-0.1, -0.05) is 10.0 Å². The third kappa shape index (κ3) is 1.11. The Balaban J connectivity index is 1.90. The third-order valence-corrected chi connectivity index (χ3v) is 4.39. The summed E-state index contributed by atoms with van der Waals surface area (Å²) in [5, 5.41) is 22.9. The van der Waals surface area contributed by atoms with Crippen LogP contribution in [0.15, 0.2) is 0 Å². The first-order chi connectivity index (χ1) is 9.43. The maximum absolute atomic E-state index is 11.3. The van der Waals surface area contributed by atoms with Crippen molar-refractivity contribution in [2.24, 2.45) is 0 Å². The van der Waals surface area contributed by atoms with Gasteiger partial charge in [-0.25, -0.2) is 20.2 Å². The van der Waals surface area contributed by atoms with E-state index >= 15 is 0 Å². The molecule has 0 aromatic rings. The quantitative estimate of drug-likeness (QED) is 0.412. The summed E-state index contributed by atoms with van der Waals surface area (Å²) in [6.45, 7) is 0. The number of rotatable bonds is 2. The molecule has 6 atom stereocenters. The highest BCUT2D eigenvalue weighted by atomic mass is 16.7. The van der Waals surface area contributed by atoms with Crippen molar-refractivity contribution < 1.29 is 19.5 Å². The minimum atomic E-state index is -1.10. The zero-order chi connectivity index (χ0) is 14.3. The average molecular weight is 288 g/mol. The first-order valence-corrected chi connectivity index (χ1v) is 6.03. The smallest absolute Gasteiger partial charge is 0.263 e. The van der Waals surface area contributed by atoms with Crippen LogP contribution in [-0.2, 0) is 9.47 Å². The van der Waals surface area contributed by atoms with Crippen LogP contribution < -0.4 is 0 Å². The molecular formula is C8H12N6O6. The molecule has 0 amide bonds. The van der Waals surface area contributed by atoms with Crippen LogP contribution in [-0.4, -0.2) is 81.2 Å². The van der Waals surface area contributed by atoms with E-state index in [9.17, 15) is 20.2 Å². The van der Waals surface area contributed by atoms with Gasteiger partial charge in [0, 0.05) is 0 Å². The number of ether oxygens (including phenoxy) is 2. The van der Waals surface area contributed by atoms with Gasteiger partial charge < -0.3 is 9.47 Å².